The number of hydrogen-bond donors (Lipinski definition) is 4. The van der Waals surface area contributed by atoms with Crippen LogP contribution in [0.25, 0.3) is 5.57 Å². The van der Waals surface area contributed by atoms with Gasteiger partial charge in [-0.15, -0.1) is 11.3 Å². The predicted molar refractivity (Wildman–Crippen MR) is 189 cm³/mol. The van der Waals surface area contributed by atoms with E-state index in [1.807, 2.05) is 32.8 Å². The third-order valence-corrected chi connectivity index (χ3v) is 9.46. The summed E-state index contributed by atoms with van der Waals surface area (Å²) in [7, 11) is 6.78. The van der Waals surface area contributed by atoms with Gasteiger partial charge in [-0.1, -0.05) is 44.2 Å². The van der Waals surface area contributed by atoms with E-state index in [0.717, 1.165) is 0 Å². The fourth-order valence-corrected chi connectivity index (χ4v) is 6.68. The van der Waals surface area contributed by atoms with Crippen molar-refractivity contribution in [1.29, 1.82) is 0 Å². The largest absolute Gasteiger partial charge is 0.439 e. The van der Waals surface area contributed by atoms with Crippen LogP contribution in [0.15, 0.2) is 69.9 Å². The zero-order valence-corrected chi connectivity index (χ0v) is 30.4. The molecule has 2 amide bonds. The predicted octanol–water partition coefficient (Wildman–Crippen LogP) is 3.50. The quantitative estimate of drug-likeness (QED) is 0.233. The molecule has 0 radical (unpaired) electrons. The molecule has 268 valence electrons. The smallest absolute Gasteiger partial charge is 0.405 e. The van der Waals surface area contributed by atoms with Crippen LogP contribution in [0.1, 0.15) is 45.4 Å². The van der Waals surface area contributed by atoms with E-state index in [1.165, 1.54) is 31.6 Å². The van der Waals surface area contributed by atoms with E-state index < -0.39 is 48.1 Å². The number of nitrogens with zero attached hydrogens (tertiary/aromatic N) is 1. The summed E-state index contributed by atoms with van der Waals surface area (Å²) in [6.07, 6.45) is 2.67. The van der Waals surface area contributed by atoms with Gasteiger partial charge >= 0.3 is 6.09 Å². The zero-order valence-electron chi connectivity index (χ0n) is 29.6. The first-order valence-electron chi connectivity index (χ1n) is 16.2. The fraction of sp³-hybridized carbons (Fsp3) is 0.500. The zero-order chi connectivity index (χ0) is 36.4. The van der Waals surface area contributed by atoms with Gasteiger partial charge < -0.3 is 40.6 Å². The van der Waals surface area contributed by atoms with Gasteiger partial charge in [0.05, 0.1) is 23.5 Å². The lowest BCUT2D eigenvalue weighted by atomic mass is 9.82. The molecule has 3 rings (SSSR count). The maximum atomic E-state index is 14.4. The number of fused-ring (bicyclic) bond motifs is 2. The lowest BCUT2D eigenvalue weighted by molar-refractivity contribution is -0.120. The average molecular weight is 699 g/mol. The number of rotatable bonds is 8. The van der Waals surface area contributed by atoms with Crippen LogP contribution in [0.4, 0.5) is 4.79 Å². The van der Waals surface area contributed by atoms with Crippen LogP contribution in [-0.4, -0.2) is 99.4 Å². The number of carbonyl (C=O) groups excluding carboxylic acids is 4. The van der Waals surface area contributed by atoms with Gasteiger partial charge in [0.2, 0.25) is 11.6 Å². The highest BCUT2D eigenvalue weighted by Crippen LogP contribution is 2.35. The Bertz CT molecular complexity index is 1520. The Morgan fingerprint density at radius 1 is 1.14 bits per heavy atom. The molecule has 2 aliphatic rings. The molecule has 5 N–H and O–H groups in total. The number of Topliss-reactive ketones (excluding diaryl/α,β-unsaturated/α-hetero) is 2. The maximum absolute atomic E-state index is 14.4. The van der Waals surface area contributed by atoms with Crippen LogP contribution >= 0.6 is 11.3 Å². The van der Waals surface area contributed by atoms with Crippen LogP contribution in [-0.2, 0) is 28.6 Å². The molecule has 2 bridgehead atoms. The maximum Gasteiger partial charge on any atom is 0.405 e. The fourth-order valence-electron chi connectivity index (χ4n) is 5.91. The summed E-state index contributed by atoms with van der Waals surface area (Å²) >= 11 is 1.30. The van der Waals surface area contributed by atoms with E-state index in [2.05, 4.69) is 10.6 Å². The van der Waals surface area contributed by atoms with Crippen molar-refractivity contribution >= 4 is 40.5 Å². The van der Waals surface area contributed by atoms with Crippen molar-refractivity contribution in [3.63, 3.8) is 0 Å². The van der Waals surface area contributed by atoms with Crippen molar-refractivity contribution in [3.8, 4) is 0 Å². The van der Waals surface area contributed by atoms with Crippen molar-refractivity contribution in [3.05, 3.63) is 74.8 Å². The van der Waals surface area contributed by atoms with Crippen molar-refractivity contribution < 1.29 is 38.5 Å². The summed E-state index contributed by atoms with van der Waals surface area (Å²) in [5.74, 6) is -2.09. The first-order chi connectivity index (χ1) is 23.2. The van der Waals surface area contributed by atoms with E-state index in [0.29, 0.717) is 30.0 Å². The Balaban J connectivity index is 2.20. The molecule has 2 heterocycles. The van der Waals surface area contributed by atoms with Gasteiger partial charge in [-0.25, -0.2) is 4.79 Å². The molecule has 1 aliphatic heterocycles. The van der Waals surface area contributed by atoms with E-state index in [1.54, 1.807) is 49.6 Å². The van der Waals surface area contributed by atoms with Crippen molar-refractivity contribution in [2.45, 2.75) is 65.0 Å². The molecule has 0 unspecified atom stereocenters. The number of nitrogens with one attached hydrogen (secondary N) is 2. The van der Waals surface area contributed by atoms with Gasteiger partial charge in [0.25, 0.3) is 5.91 Å². The Hall–Kier alpha value is -3.88. The molecule has 0 fully saturated rings. The lowest BCUT2D eigenvalue weighted by Crippen LogP contribution is -2.40. The number of ketones is 2. The molecule has 49 heavy (non-hydrogen) atoms. The molecule has 12 nitrogen and oxygen atoms in total. The van der Waals surface area contributed by atoms with E-state index in [9.17, 15) is 24.3 Å². The van der Waals surface area contributed by atoms with E-state index in [4.69, 9.17) is 19.9 Å². The number of amides is 2. The monoisotopic (exact) mass is 698 g/mol. The second-order valence-electron chi connectivity index (χ2n) is 12.8. The van der Waals surface area contributed by atoms with Gasteiger partial charge in [-0.3, -0.25) is 14.4 Å². The van der Waals surface area contributed by atoms with Crippen LogP contribution in [0, 0.1) is 11.8 Å². The number of aliphatic hydroxyl groups is 1. The Labute approximate surface area is 292 Å². The normalized spacial score (nSPS) is 29.2. The number of allylic oxidation sites excluding steroid dienone is 4. The average Bonchev–Trinajstić information content (AvgIpc) is 3.58. The highest BCUT2D eigenvalue weighted by molar-refractivity contribution is 7.11. The molecule has 13 heteroatoms. The summed E-state index contributed by atoms with van der Waals surface area (Å²) < 4.78 is 16.8. The third kappa shape index (κ3) is 10.3. The molecule has 0 saturated heterocycles. The Morgan fingerprint density at radius 3 is 2.45 bits per heavy atom. The Kier molecular flexibility index (Phi) is 14.7. The van der Waals surface area contributed by atoms with Gasteiger partial charge in [-0.05, 0) is 63.7 Å². The molecule has 0 saturated carbocycles. The second kappa shape index (κ2) is 18.2. The number of carbonyl (C=O) groups is 4. The summed E-state index contributed by atoms with van der Waals surface area (Å²) in [6.45, 7) is 8.09. The molecule has 0 spiro atoms. The number of ether oxygens (including phenoxy) is 3. The van der Waals surface area contributed by atoms with Crippen LogP contribution in [0.2, 0.25) is 0 Å². The lowest BCUT2D eigenvalue weighted by Gasteiger charge is -2.30. The van der Waals surface area contributed by atoms with E-state index in [-0.39, 0.29) is 46.2 Å². The van der Waals surface area contributed by atoms with Crippen molar-refractivity contribution in [2.75, 3.05) is 41.4 Å². The highest BCUT2D eigenvalue weighted by atomic mass is 32.1. The third-order valence-electron chi connectivity index (χ3n) is 8.58. The van der Waals surface area contributed by atoms with Crippen molar-refractivity contribution in [1.82, 2.24) is 15.5 Å². The topological polar surface area (TPSA) is 170 Å². The minimum Gasteiger partial charge on any atom is -0.439 e. The summed E-state index contributed by atoms with van der Waals surface area (Å²) in [5, 5.41) is 19.2. The number of nitrogens with two attached hydrogens (primary N) is 1. The molecule has 1 aromatic heterocycles. The number of thiophene rings is 1. The number of likely N-dealkylation sites (N-methyl/N-ethyl adjacent to an activating group) is 1. The summed E-state index contributed by atoms with van der Waals surface area (Å²) in [4.78, 5) is 56.7. The first-order valence-corrected chi connectivity index (χ1v) is 17.1. The summed E-state index contributed by atoms with van der Waals surface area (Å²) in [6, 6.07) is 3.52. The molecular weight excluding hydrogens is 648 g/mol. The van der Waals surface area contributed by atoms with Gasteiger partial charge in [0.15, 0.2) is 6.10 Å². The molecule has 6 atom stereocenters. The van der Waals surface area contributed by atoms with E-state index >= 15 is 0 Å². The first kappa shape index (κ1) is 39.6. The molecule has 1 aromatic rings. The Morgan fingerprint density at radius 2 is 1.86 bits per heavy atom. The van der Waals surface area contributed by atoms with Crippen LogP contribution in [0.3, 0.4) is 0 Å². The number of methoxy groups -OCH3 is 2. The highest BCUT2D eigenvalue weighted by Gasteiger charge is 2.38. The van der Waals surface area contributed by atoms with Gasteiger partial charge in [0.1, 0.15) is 11.8 Å². The van der Waals surface area contributed by atoms with Crippen molar-refractivity contribution in [2.24, 2.45) is 17.6 Å². The minimum absolute atomic E-state index is 0.0890. The summed E-state index contributed by atoms with van der Waals surface area (Å²) in [5.41, 5.74) is 6.73. The van der Waals surface area contributed by atoms with Crippen LogP contribution in [0.5, 0.6) is 0 Å². The van der Waals surface area contributed by atoms with Gasteiger partial charge in [0, 0.05) is 49.3 Å². The van der Waals surface area contributed by atoms with Gasteiger partial charge in [-0.2, -0.15) is 0 Å². The molecule has 1 aliphatic carbocycles. The number of primary amides is 1. The standard InChI is InChI=1S/C36H50N4O8S/c1-20-17-24-29(38-14-15-40(5)6)33(43)28(27-13-10-16-49-27)30(32(24)42)39-35(44)21(2)11-9-12-25(46-7)34(48-36(37)45)23(4)19-22(3)31(41)26(18-20)47-8/h9-13,16,19-20,22,25-26,31,34,38,41H,14-15,17-18H2,1-8H3,(H2,37,45)(H,39,44)/b12-9-,21-11+,23-19+/t20-,22+,25+,26+,31-,34+/m1/s1. The number of aliphatic hydroxyl groups excluding tert-OH is 1. The number of hydrogen-bond acceptors (Lipinski definition) is 11. The minimum atomic E-state index is -1.00. The van der Waals surface area contributed by atoms with Crippen LogP contribution < -0.4 is 16.4 Å². The SMILES string of the molecule is CO[C@H]1/C=C\C=C(/C)C(=O)NC2=C(c3cccs3)C(=O)C(NCCN(C)C)=C(C[C@@H](C)C[C@H](OC)[C@H](O)[C@@H](C)/C=C(\C)[C@@H]1OC(N)=O)C2=O. The molecular formula is C36H50N4O8S. The molecule has 0 aromatic carbocycles. The second-order valence-corrected chi connectivity index (χ2v) is 13.7.